The number of carbonyl (C=O) groups is 1. The summed E-state index contributed by atoms with van der Waals surface area (Å²) in [6.07, 6.45) is 2.73. The number of pyridine rings is 2. The first-order valence-corrected chi connectivity index (χ1v) is 8.66. The first-order chi connectivity index (χ1) is 12.2. The molecule has 0 aromatic carbocycles. The van der Waals surface area contributed by atoms with Crippen LogP contribution < -0.4 is 5.56 Å². The molecule has 134 valence electrons. The molecular weight excluding hydrogens is 330 g/mol. The highest BCUT2D eigenvalue weighted by molar-refractivity contribution is 5.88. The summed E-state index contributed by atoms with van der Waals surface area (Å²) in [6.45, 7) is 8.40. The van der Waals surface area contributed by atoms with E-state index in [-0.39, 0.29) is 16.9 Å². The largest absolute Gasteiger partial charge is 0.477 e. The normalized spacial score (nSPS) is 16.4. The van der Waals surface area contributed by atoms with E-state index in [0.717, 1.165) is 34.6 Å². The van der Waals surface area contributed by atoms with Crippen LogP contribution in [0.2, 0.25) is 0 Å². The van der Waals surface area contributed by atoms with Crippen molar-refractivity contribution in [3.8, 4) is 11.4 Å². The average Bonchev–Trinajstić information content (AvgIpc) is 2.93. The highest BCUT2D eigenvalue weighted by Gasteiger charge is 2.37. The van der Waals surface area contributed by atoms with Gasteiger partial charge in [-0.3, -0.25) is 4.79 Å². The second-order valence-electron chi connectivity index (χ2n) is 8.06. The predicted molar refractivity (Wildman–Crippen MR) is 98.8 cm³/mol. The number of carboxylic acids is 1. The van der Waals surface area contributed by atoms with E-state index in [1.807, 2.05) is 25.3 Å². The first kappa shape index (κ1) is 16.6. The van der Waals surface area contributed by atoms with Crippen molar-refractivity contribution >= 4 is 11.6 Å². The number of aromatic amines is 1. The lowest BCUT2D eigenvalue weighted by molar-refractivity contribution is 0.0694. The fourth-order valence-corrected chi connectivity index (χ4v) is 3.90. The zero-order chi connectivity index (χ0) is 18.8. The number of hydrogen-bond acceptors (Lipinski definition) is 3. The Kier molecular flexibility index (Phi) is 3.38. The molecular formula is C20H21N3O3. The maximum absolute atomic E-state index is 12.3. The highest BCUT2D eigenvalue weighted by atomic mass is 16.4. The monoisotopic (exact) mass is 351 g/mol. The number of aromatic carboxylic acids is 1. The standard InChI is InChI=1S/C20H21N3O3/c1-10-6-5-7-23-14-9-13(20(2,3)4)11-8-12(19(25)26)18(24)22-15(11)16(14)21-17(10)23/h5-8,13H,9H2,1-4H3,(H,22,24)(H,25,26). The Labute approximate surface area is 150 Å². The summed E-state index contributed by atoms with van der Waals surface area (Å²) in [7, 11) is 0. The van der Waals surface area contributed by atoms with Crippen LogP contribution in [-0.4, -0.2) is 25.4 Å². The summed E-state index contributed by atoms with van der Waals surface area (Å²) in [5.74, 6) is -1.14. The Hall–Kier alpha value is -2.89. The molecule has 0 bridgehead atoms. The van der Waals surface area contributed by atoms with Crippen molar-refractivity contribution in [2.75, 3.05) is 0 Å². The minimum atomic E-state index is -1.21. The van der Waals surface area contributed by atoms with Crippen LogP contribution in [0.5, 0.6) is 0 Å². The minimum absolute atomic E-state index is 0.0698. The van der Waals surface area contributed by atoms with Crippen LogP contribution in [0.4, 0.5) is 0 Å². The van der Waals surface area contributed by atoms with Crippen molar-refractivity contribution in [1.82, 2.24) is 14.4 Å². The Morgan fingerprint density at radius 3 is 2.77 bits per heavy atom. The van der Waals surface area contributed by atoms with Gasteiger partial charge in [0.05, 0.1) is 11.4 Å². The number of nitrogens with one attached hydrogen (secondary N) is 1. The third-order valence-electron chi connectivity index (χ3n) is 5.30. The molecule has 6 nitrogen and oxygen atoms in total. The molecule has 0 radical (unpaired) electrons. The van der Waals surface area contributed by atoms with Gasteiger partial charge < -0.3 is 14.5 Å². The van der Waals surface area contributed by atoms with Crippen LogP contribution in [0.15, 0.2) is 29.2 Å². The maximum Gasteiger partial charge on any atom is 0.341 e. The SMILES string of the molecule is Cc1cccn2c3c(nc12)-c1[nH]c(=O)c(C(=O)O)cc1C(C(C)(C)C)C3. The molecule has 2 N–H and O–H groups in total. The Morgan fingerprint density at radius 1 is 1.38 bits per heavy atom. The second-order valence-corrected chi connectivity index (χ2v) is 8.06. The van der Waals surface area contributed by atoms with E-state index < -0.39 is 11.5 Å². The van der Waals surface area contributed by atoms with Gasteiger partial charge in [-0.05, 0) is 47.9 Å². The average molecular weight is 351 g/mol. The van der Waals surface area contributed by atoms with Crippen molar-refractivity contribution in [2.45, 2.75) is 40.0 Å². The molecule has 0 fully saturated rings. The van der Waals surface area contributed by atoms with Crippen LogP contribution in [0.1, 0.15) is 53.9 Å². The summed E-state index contributed by atoms with van der Waals surface area (Å²) >= 11 is 0. The van der Waals surface area contributed by atoms with Gasteiger partial charge in [-0.1, -0.05) is 26.8 Å². The number of aromatic nitrogens is 3. The fraction of sp³-hybridized carbons (Fsp3) is 0.350. The molecule has 3 aromatic rings. The molecule has 4 rings (SSSR count). The molecule has 3 aromatic heterocycles. The first-order valence-electron chi connectivity index (χ1n) is 8.66. The number of aryl methyl sites for hydroxylation is 1. The highest BCUT2D eigenvalue weighted by Crippen LogP contribution is 2.46. The Morgan fingerprint density at radius 2 is 2.12 bits per heavy atom. The molecule has 0 spiro atoms. The van der Waals surface area contributed by atoms with Crippen molar-refractivity contribution < 1.29 is 9.90 Å². The van der Waals surface area contributed by atoms with Crippen molar-refractivity contribution in [1.29, 1.82) is 0 Å². The van der Waals surface area contributed by atoms with Crippen LogP contribution in [-0.2, 0) is 6.42 Å². The molecule has 0 saturated carbocycles. The quantitative estimate of drug-likeness (QED) is 0.703. The zero-order valence-electron chi connectivity index (χ0n) is 15.3. The molecule has 1 unspecified atom stereocenters. The zero-order valence-corrected chi connectivity index (χ0v) is 15.3. The topological polar surface area (TPSA) is 87.5 Å². The maximum atomic E-state index is 12.3. The third-order valence-corrected chi connectivity index (χ3v) is 5.30. The van der Waals surface area contributed by atoms with Crippen LogP contribution in [0, 0.1) is 12.3 Å². The number of rotatable bonds is 1. The van der Waals surface area contributed by atoms with E-state index in [9.17, 15) is 14.7 Å². The number of fused-ring (bicyclic) bond motifs is 5. The molecule has 1 aliphatic rings. The summed E-state index contributed by atoms with van der Waals surface area (Å²) < 4.78 is 2.08. The van der Waals surface area contributed by atoms with E-state index in [2.05, 4.69) is 30.2 Å². The molecule has 0 saturated heterocycles. The second kappa shape index (κ2) is 5.30. The molecule has 0 amide bonds. The van der Waals surface area contributed by atoms with E-state index in [1.165, 1.54) is 6.07 Å². The molecule has 3 heterocycles. The molecule has 1 aliphatic carbocycles. The Bertz CT molecular complexity index is 1120. The lowest BCUT2D eigenvalue weighted by Gasteiger charge is -2.35. The van der Waals surface area contributed by atoms with Crippen LogP contribution in [0.25, 0.3) is 17.0 Å². The summed E-state index contributed by atoms with van der Waals surface area (Å²) in [4.78, 5) is 31.3. The van der Waals surface area contributed by atoms with Crippen molar-refractivity contribution in [2.24, 2.45) is 5.41 Å². The molecule has 6 heteroatoms. The van der Waals surface area contributed by atoms with Gasteiger partial charge in [-0.25, -0.2) is 9.78 Å². The van der Waals surface area contributed by atoms with Gasteiger partial charge in [0.2, 0.25) is 0 Å². The fourth-order valence-electron chi connectivity index (χ4n) is 3.90. The third kappa shape index (κ3) is 2.29. The summed E-state index contributed by atoms with van der Waals surface area (Å²) in [5, 5.41) is 9.36. The van der Waals surface area contributed by atoms with Gasteiger partial charge in [0.15, 0.2) is 0 Å². The van der Waals surface area contributed by atoms with Gasteiger partial charge in [0.1, 0.15) is 16.9 Å². The molecule has 1 atom stereocenters. The predicted octanol–water partition coefficient (Wildman–Crippen LogP) is 3.38. The minimum Gasteiger partial charge on any atom is -0.477 e. The number of hydrogen-bond donors (Lipinski definition) is 2. The smallest absolute Gasteiger partial charge is 0.341 e. The van der Waals surface area contributed by atoms with Crippen molar-refractivity contribution in [3.05, 3.63) is 57.1 Å². The number of imidazole rings is 1. The van der Waals surface area contributed by atoms with E-state index >= 15 is 0 Å². The van der Waals surface area contributed by atoms with E-state index in [0.29, 0.717) is 5.69 Å². The lowest BCUT2D eigenvalue weighted by Crippen LogP contribution is -2.29. The van der Waals surface area contributed by atoms with Gasteiger partial charge in [0.25, 0.3) is 5.56 Å². The van der Waals surface area contributed by atoms with Gasteiger partial charge >= 0.3 is 5.97 Å². The number of H-pyrrole nitrogens is 1. The van der Waals surface area contributed by atoms with Gasteiger partial charge in [-0.2, -0.15) is 0 Å². The summed E-state index contributed by atoms with van der Waals surface area (Å²) in [5.41, 5.74) is 4.29. The van der Waals surface area contributed by atoms with Gasteiger partial charge in [0, 0.05) is 6.20 Å². The molecule has 26 heavy (non-hydrogen) atoms. The van der Waals surface area contributed by atoms with E-state index in [1.54, 1.807) is 0 Å². The van der Waals surface area contributed by atoms with Gasteiger partial charge in [-0.15, -0.1) is 0 Å². The summed E-state index contributed by atoms with van der Waals surface area (Å²) in [6, 6.07) is 5.53. The molecule has 0 aliphatic heterocycles. The Balaban J connectivity index is 2.09. The number of nitrogens with zero attached hydrogens (tertiary/aromatic N) is 2. The number of carboxylic acid groups (broad SMARTS) is 1. The van der Waals surface area contributed by atoms with Crippen LogP contribution >= 0.6 is 0 Å². The van der Waals surface area contributed by atoms with Crippen molar-refractivity contribution in [3.63, 3.8) is 0 Å². The lowest BCUT2D eigenvalue weighted by atomic mass is 9.70. The van der Waals surface area contributed by atoms with Crippen LogP contribution in [0.3, 0.4) is 0 Å². The van der Waals surface area contributed by atoms with E-state index in [4.69, 9.17) is 4.98 Å².